The highest BCUT2D eigenvalue weighted by Gasteiger charge is 2.37. The second-order valence-electron chi connectivity index (χ2n) is 9.54. The molecule has 1 aromatic heterocycles. The maximum absolute atomic E-state index is 12.9. The number of carboxylic acid groups (broad SMARTS) is 1. The lowest BCUT2D eigenvalue weighted by molar-refractivity contribution is -0.137. The van der Waals surface area contributed by atoms with Gasteiger partial charge in [-0.25, -0.2) is 14.6 Å². The number of nitrogens with one attached hydrogen (secondary N) is 1. The van der Waals surface area contributed by atoms with E-state index in [-0.39, 0.29) is 11.9 Å². The highest BCUT2D eigenvalue weighted by atomic mass is 16.4. The number of nitrogens with zero attached hydrogens (tertiary/aromatic N) is 4. The fraction of sp³-hybridized carbons (Fsp3) is 0.714. The molecule has 0 unspecified atom stereocenters. The number of hydrogen-bond donors (Lipinski definition) is 2. The van der Waals surface area contributed by atoms with Crippen molar-refractivity contribution in [3.05, 3.63) is 17.2 Å². The van der Waals surface area contributed by atoms with Gasteiger partial charge in [0.05, 0.1) is 17.9 Å². The van der Waals surface area contributed by atoms with E-state index in [1.54, 1.807) is 9.47 Å². The zero-order valence-corrected chi connectivity index (χ0v) is 18.6. The number of carbonyl (C=O) groups excluding carboxylic acids is 2. The number of carbonyl (C=O) groups is 3. The van der Waals surface area contributed by atoms with Crippen molar-refractivity contribution in [2.75, 3.05) is 19.6 Å². The van der Waals surface area contributed by atoms with Gasteiger partial charge in [-0.3, -0.25) is 9.36 Å². The topological polar surface area (TPSA) is 108 Å². The smallest absolute Gasteiger partial charge is 0.405 e. The predicted octanol–water partition coefficient (Wildman–Crippen LogP) is 2.59. The van der Waals surface area contributed by atoms with Crippen LogP contribution in [0.3, 0.4) is 0 Å². The first-order chi connectivity index (χ1) is 14.0. The van der Waals surface area contributed by atoms with Gasteiger partial charge in [0.25, 0.3) is 0 Å². The minimum Gasteiger partial charge on any atom is -0.465 e. The Balaban J connectivity index is 1.50. The molecule has 3 amide bonds. The third kappa shape index (κ3) is 4.44. The molecule has 3 heterocycles. The van der Waals surface area contributed by atoms with E-state index in [1.807, 2.05) is 39.5 Å². The van der Waals surface area contributed by atoms with E-state index in [1.165, 1.54) is 0 Å². The van der Waals surface area contributed by atoms with Crippen LogP contribution in [0.1, 0.15) is 57.2 Å². The first-order valence-electron chi connectivity index (χ1n) is 10.6. The fourth-order valence-corrected chi connectivity index (χ4v) is 4.45. The van der Waals surface area contributed by atoms with Gasteiger partial charge in [-0.05, 0) is 44.4 Å². The first-order valence-corrected chi connectivity index (χ1v) is 10.6. The molecule has 2 aliphatic rings. The van der Waals surface area contributed by atoms with Crippen LogP contribution in [-0.2, 0) is 11.3 Å². The Bertz CT molecular complexity index is 833. The number of aryl methyl sites for hydroxylation is 2. The van der Waals surface area contributed by atoms with E-state index in [2.05, 4.69) is 10.3 Å². The Labute approximate surface area is 177 Å². The maximum Gasteiger partial charge on any atom is 0.405 e. The van der Waals surface area contributed by atoms with Gasteiger partial charge in [0.15, 0.2) is 0 Å². The summed E-state index contributed by atoms with van der Waals surface area (Å²) in [5.41, 5.74) is 1.40. The van der Waals surface area contributed by atoms with Gasteiger partial charge in [0.2, 0.25) is 5.91 Å². The lowest BCUT2D eigenvalue weighted by atomic mass is 9.85. The Morgan fingerprint density at radius 2 is 1.87 bits per heavy atom. The molecule has 3 rings (SSSR count). The molecule has 9 heteroatoms. The molecule has 2 aliphatic heterocycles. The Kier molecular flexibility index (Phi) is 6.10. The average molecular weight is 420 g/mol. The molecule has 2 N–H and O–H groups in total. The first kappa shape index (κ1) is 22.1. The lowest BCUT2D eigenvalue weighted by Gasteiger charge is -2.38. The van der Waals surface area contributed by atoms with Crippen molar-refractivity contribution in [3.8, 4) is 0 Å². The molecule has 0 bridgehead atoms. The third-order valence-corrected chi connectivity index (χ3v) is 6.26. The summed E-state index contributed by atoms with van der Waals surface area (Å²) in [4.78, 5) is 44.7. The molecule has 9 nitrogen and oxygen atoms in total. The van der Waals surface area contributed by atoms with E-state index in [9.17, 15) is 14.4 Å². The molecule has 1 atom stereocenters. The fourth-order valence-electron chi connectivity index (χ4n) is 4.45. The number of imidazole rings is 1. The summed E-state index contributed by atoms with van der Waals surface area (Å²) in [7, 11) is 0. The minimum atomic E-state index is -1.18. The van der Waals surface area contributed by atoms with Crippen molar-refractivity contribution in [2.45, 2.75) is 66.5 Å². The normalized spacial score (nSPS) is 18.5. The largest absolute Gasteiger partial charge is 0.465 e. The molecule has 30 heavy (non-hydrogen) atoms. The zero-order chi connectivity index (χ0) is 22.2. The minimum absolute atomic E-state index is 0.00322. The SMILES string of the molecule is Cc1nc(C)n2c1CN(CCC1CCN(C(=O)[C@H](NC(=O)O)C(C)(C)C)CC1)C2=O. The molecular formula is C21H33N5O4. The number of aromatic nitrogens is 2. The summed E-state index contributed by atoms with van der Waals surface area (Å²) in [5, 5.41) is 11.5. The highest BCUT2D eigenvalue weighted by Crippen LogP contribution is 2.27. The highest BCUT2D eigenvalue weighted by molar-refractivity contribution is 5.86. The van der Waals surface area contributed by atoms with Gasteiger partial charge < -0.3 is 20.2 Å². The van der Waals surface area contributed by atoms with E-state index >= 15 is 0 Å². The van der Waals surface area contributed by atoms with Crippen molar-refractivity contribution in [1.82, 2.24) is 24.7 Å². The Morgan fingerprint density at radius 3 is 2.40 bits per heavy atom. The van der Waals surface area contributed by atoms with Gasteiger partial charge in [-0.15, -0.1) is 0 Å². The molecule has 0 radical (unpaired) electrons. The number of rotatable bonds is 5. The van der Waals surface area contributed by atoms with Crippen LogP contribution in [0.25, 0.3) is 0 Å². The van der Waals surface area contributed by atoms with Gasteiger partial charge >= 0.3 is 12.1 Å². The van der Waals surface area contributed by atoms with Crippen LogP contribution >= 0.6 is 0 Å². The summed E-state index contributed by atoms with van der Waals surface area (Å²) in [6.45, 7) is 11.9. The Morgan fingerprint density at radius 1 is 1.23 bits per heavy atom. The van der Waals surface area contributed by atoms with Crippen molar-refractivity contribution in [2.24, 2.45) is 11.3 Å². The van der Waals surface area contributed by atoms with Crippen molar-refractivity contribution >= 4 is 18.0 Å². The van der Waals surface area contributed by atoms with Gasteiger partial charge in [0.1, 0.15) is 11.9 Å². The molecular weight excluding hydrogens is 386 g/mol. The monoisotopic (exact) mass is 419 g/mol. The molecule has 0 aliphatic carbocycles. The molecule has 166 valence electrons. The summed E-state index contributed by atoms with van der Waals surface area (Å²) in [6, 6.07) is -0.757. The van der Waals surface area contributed by atoms with Crippen LogP contribution in [0, 0.1) is 25.2 Å². The zero-order valence-electron chi connectivity index (χ0n) is 18.6. The molecule has 1 saturated heterocycles. The molecule has 1 aromatic rings. The van der Waals surface area contributed by atoms with Crippen molar-refractivity contribution in [1.29, 1.82) is 0 Å². The molecule has 0 spiro atoms. The summed E-state index contributed by atoms with van der Waals surface area (Å²) in [5.74, 6) is 1.03. The maximum atomic E-state index is 12.9. The average Bonchev–Trinajstić information content (AvgIpc) is 3.14. The van der Waals surface area contributed by atoms with Crippen molar-refractivity contribution < 1.29 is 19.5 Å². The van der Waals surface area contributed by atoms with Crippen molar-refractivity contribution in [3.63, 3.8) is 0 Å². The van der Waals surface area contributed by atoms with Crippen LogP contribution in [0.5, 0.6) is 0 Å². The quantitative estimate of drug-likeness (QED) is 0.763. The number of fused-ring (bicyclic) bond motifs is 1. The number of piperidine rings is 1. The van der Waals surface area contributed by atoms with Gasteiger partial charge in [0, 0.05) is 19.6 Å². The summed E-state index contributed by atoms with van der Waals surface area (Å²) in [6.07, 6.45) is 1.45. The molecule has 0 aromatic carbocycles. The van der Waals surface area contributed by atoms with E-state index in [0.717, 1.165) is 36.5 Å². The van der Waals surface area contributed by atoms with E-state index < -0.39 is 17.6 Å². The second-order valence-corrected chi connectivity index (χ2v) is 9.54. The summed E-state index contributed by atoms with van der Waals surface area (Å²) >= 11 is 0. The van der Waals surface area contributed by atoms with E-state index in [0.29, 0.717) is 32.1 Å². The van der Waals surface area contributed by atoms with Gasteiger partial charge in [-0.1, -0.05) is 20.8 Å². The summed E-state index contributed by atoms with van der Waals surface area (Å²) < 4.78 is 1.71. The molecule has 1 fully saturated rings. The molecule has 0 saturated carbocycles. The van der Waals surface area contributed by atoms with Crippen LogP contribution in [-0.4, -0.2) is 68.2 Å². The van der Waals surface area contributed by atoms with E-state index in [4.69, 9.17) is 5.11 Å². The third-order valence-electron chi connectivity index (χ3n) is 6.26. The number of hydrogen-bond acceptors (Lipinski definition) is 4. The van der Waals surface area contributed by atoms with Gasteiger partial charge in [-0.2, -0.15) is 0 Å². The predicted molar refractivity (Wildman–Crippen MR) is 111 cm³/mol. The van der Waals surface area contributed by atoms with Crippen LogP contribution in [0.4, 0.5) is 9.59 Å². The van der Waals surface area contributed by atoms with Crippen LogP contribution in [0.2, 0.25) is 0 Å². The second kappa shape index (κ2) is 8.28. The lowest BCUT2D eigenvalue weighted by Crippen LogP contribution is -2.55. The standard InChI is InChI=1S/C21H33N5O4/c1-13-16-12-25(20(30)26(16)14(2)22-13)11-8-15-6-9-24(10-7-15)18(27)17(21(3,4)5)23-19(28)29/h15,17,23H,6-12H2,1-5H3,(H,28,29)/t17-/m0/s1. The number of amides is 3. The van der Waals surface area contributed by atoms with Crippen LogP contribution in [0.15, 0.2) is 0 Å². The Hall–Kier alpha value is -2.58. The van der Waals surface area contributed by atoms with Crippen LogP contribution < -0.4 is 5.32 Å². The number of likely N-dealkylation sites (tertiary alicyclic amines) is 1.